The van der Waals surface area contributed by atoms with Crippen LogP contribution in [-0.4, -0.2) is 10.5 Å². The molecule has 0 aliphatic heterocycles. The molecule has 0 bridgehead atoms. The van der Waals surface area contributed by atoms with Crippen LogP contribution in [0.5, 0.6) is 0 Å². The van der Waals surface area contributed by atoms with Gasteiger partial charge in [-0.05, 0) is 56.0 Å². The van der Waals surface area contributed by atoms with E-state index >= 15 is 0 Å². The average Bonchev–Trinajstić information content (AvgIpc) is 3.04. The number of hydrogen-bond acceptors (Lipinski definition) is 2. The van der Waals surface area contributed by atoms with Crippen molar-refractivity contribution in [2.45, 2.75) is 46.7 Å². The monoisotopic (exact) mass is 411 g/mol. The van der Waals surface area contributed by atoms with E-state index in [1.54, 1.807) is 6.08 Å². The maximum Gasteiger partial charge on any atom is 0.262 e. The smallest absolute Gasteiger partial charge is 0.262 e. The Morgan fingerprint density at radius 2 is 1.71 bits per heavy atom. The molecule has 4 heteroatoms. The number of carbonyl (C=O) groups excluding carboxylic acids is 1. The zero-order chi connectivity index (χ0) is 22.4. The first-order valence-corrected chi connectivity index (χ1v) is 10.7. The fraction of sp³-hybridized carbons (Fsp3) is 0.259. The molecule has 31 heavy (non-hydrogen) atoms. The number of amides is 1. The molecule has 0 radical (unpaired) electrons. The van der Waals surface area contributed by atoms with Gasteiger partial charge in [0.05, 0.1) is 6.04 Å². The lowest BCUT2D eigenvalue weighted by molar-refractivity contribution is -0.117. The van der Waals surface area contributed by atoms with E-state index in [1.807, 2.05) is 74.5 Å². The summed E-state index contributed by atoms with van der Waals surface area (Å²) in [5.74, 6) is -0.378. The highest BCUT2D eigenvalue weighted by Gasteiger charge is 2.20. The summed E-state index contributed by atoms with van der Waals surface area (Å²) in [6, 6.07) is 21.7. The van der Waals surface area contributed by atoms with Gasteiger partial charge in [0.15, 0.2) is 0 Å². The van der Waals surface area contributed by atoms with Crippen molar-refractivity contribution in [2.24, 2.45) is 0 Å². The Labute approximate surface area is 184 Å². The number of hydrogen-bond donors (Lipinski definition) is 1. The number of nitrogens with zero attached hydrogens (tertiary/aromatic N) is 2. The molecular formula is C27H29N3O. The van der Waals surface area contributed by atoms with Crippen molar-refractivity contribution >= 4 is 12.0 Å². The highest BCUT2D eigenvalue weighted by molar-refractivity contribution is 6.02. The van der Waals surface area contributed by atoms with Crippen LogP contribution in [-0.2, 0) is 11.3 Å². The topological polar surface area (TPSA) is 57.8 Å². The first-order valence-electron chi connectivity index (χ1n) is 10.7. The number of rotatable bonds is 7. The molecule has 1 atom stereocenters. The Morgan fingerprint density at radius 1 is 1.06 bits per heavy atom. The van der Waals surface area contributed by atoms with Gasteiger partial charge in [0.25, 0.3) is 5.91 Å². The largest absolute Gasteiger partial charge is 0.349 e. The SMILES string of the molecule is CCCn1c(C)cc(/C=C(\C#N)C(=O)NC(c2ccccc2)c2ccc(C)cc2)c1C. The van der Waals surface area contributed by atoms with E-state index in [0.717, 1.165) is 46.6 Å². The van der Waals surface area contributed by atoms with Gasteiger partial charge in [0, 0.05) is 17.9 Å². The van der Waals surface area contributed by atoms with Gasteiger partial charge in [-0.3, -0.25) is 4.79 Å². The number of aryl methyl sites for hydroxylation is 2. The van der Waals surface area contributed by atoms with Gasteiger partial charge in [-0.1, -0.05) is 67.1 Å². The van der Waals surface area contributed by atoms with Gasteiger partial charge in [-0.2, -0.15) is 5.26 Å². The van der Waals surface area contributed by atoms with Gasteiger partial charge < -0.3 is 9.88 Å². The number of nitriles is 1. The highest BCUT2D eigenvalue weighted by atomic mass is 16.1. The maximum absolute atomic E-state index is 13.1. The van der Waals surface area contributed by atoms with E-state index in [1.165, 1.54) is 0 Å². The normalized spacial score (nSPS) is 12.3. The van der Waals surface area contributed by atoms with Crippen molar-refractivity contribution in [1.29, 1.82) is 5.26 Å². The van der Waals surface area contributed by atoms with Crippen molar-refractivity contribution in [3.8, 4) is 6.07 Å². The third kappa shape index (κ3) is 5.13. The van der Waals surface area contributed by atoms with Crippen LogP contribution in [0.15, 0.2) is 66.2 Å². The predicted octanol–water partition coefficient (Wildman–Crippen LogP) is 5.64. The molecule has 3 rings (SSSR count). The molecule has 1 unspecified atom stereocenters. The van der Waals surface area contributed by atoms with E-state index < -0.39 is 0 Å². The second-order valence-electron chi connectivity index (χ2n) is 7.88. The third-order valence-corrected chi connectivity index (χ3v) is 5.54. The Morgan fingerprint density at radius 3 is 2.32 bits per heavy atom. The Bertz CT molecular complexity index is 1120. The summed E-state index contributed by atoms with van der Waals surface area (Å²) in [5.41, 5.74) is 6.31. The van der Waals surface area contributed by atoms with Crippen LogP contribution in [0.25, 0.3) is 6.08 Å². The molecule has 1 N–H and O–H groups in total. The maximum atomic E-state index is 13.1. The summed E-state index contributed by atoms with van der Waals surface area (Å²) >= 11 is 0. The van der Waals surface area contributed by atoms with E-state index in [2.05, 4.69) is 29.8 Å². The van der Waals surface area contributed by atoms with Crippen molar-refractivity contribution in [3.05, 3.63) is 99.9 Å². The molecule has 1 heterocycles. The van der Waals surface area contributed by atoms with E-state index in [0.29, 0.717) is 0 Å². The minimum absolute atomic E-state index is 0.102. The average molecular weight is 412 g/mol. The second kappa shape index (κ2) is 9.95. The van der Waals surface area contributed by atoms with Gasteiger partial charge >= 0.3 is 0 Å². The lowest BCUT2D eigenvalue weighted by Gasteiger charge is -2.20. The van der Waals surface area contributed by atoms with Gasteiger partial charge in [-0.25, -0.2) is 0 Å². The molecule has 0 aliphatic rings. The van der Waals surface area contributed by atoms with E-state index in [9.17, 15) is 10.1 Å². The predicted molar refractivity (Wildman–Crippen MR) is 125 cm³/mol. The summed E-state index contributed by atoms with van der Waals surface area (Å²) in [6.07, 6.45) is 2.72. The number of aromatic nitrogens is 1. The standard InChI is InChI=1S/C27H29N3O/c1-5-15-30-20(3)16-24(21(30)4)17-25(18-28)27(31)29-26(22-9-7-6-8-10-22)23-13-11-19(2)12-14-23/h6-14,16-17,26H,5,15H2,1-4H3,(H,29,31)/b25-17+. The van der Waals surface area contributed by atoms with Crippen LogP contribution in [0.2, 0.25) is 0 Å². The summed E-state index contributed by atoms with van der Waals surface area (Å²) < 4.78 is 2.22. The van der Waals surface area contributed by atoms with Crippen LogP contribution in [0.3, 0.4) is 0 Å². The summed E-state index contributed by atoms with van der Waals surface area (Å²) in [5, 5.41) is 12.8. The van der Waals surface area contributed by atoms with Crippen molar-refractivity contribution in [2.75, 3.05) is 0 Å². The zero-order valence-corrected chi connectivity index (χ0v) is 18.6. The number of nitrogens with one attached hydrogen (secondary N) is 1. The van der Waals surface area contributed by atoms with Crippen LogP contribution < -0.4 is 5.32 Å². The van der Waals surface area contributed by atoms with Crippen molar-refractivity contribution < 1.29 is 4.79 Å². The fourth-order valence-corrected chi connectivity index (χ4v) is 3.82. The molecule has 1 amide bonds. The lowest BCUT2D eigenvalue weighted by Crippen LogP contribution is -2.30. The molecule has 0 aliphatic carbocycles. The molecule has 0 saturated carbocycles. The summed E-state index contributed by atoms with van der Waals surface area (Å²) in [7, 11) is 0. The van der Waals surface area contributed by atoms with Crippen LogP contribution in [0.1, 0.15) is 53.0 Å². The first-order chi connectivity index (χ1) is 14.9. The molecule has 0 saturated heterocycles. The summed E-state index contributed by atoms with van der Waals surface area (Å²) in [6.45, 7) is 9.17. The molecule has 1 aromatic heterocycles. The third-order valence-electron chi connectivity index (χ3n) is 5.54. The van der Waals surface area contributed by atoms with Crippen molar-refractivity contribution in [3.63, 3.8) is 0 Å². The van der Waals surface area contributed by atoms with E-state index in [4.69, 9.17) is 0 Å². The van der Waals surface area contributed by atoms with E-state index in [-0.39, 0.29) is 17.5 Å². The number of carbonyl (C=O) groups is 1. The van der Waals surface area contributed by atoms with Gasteiger partial charge in [0.1, 0.15) is 11.6 Å². The second-order valence-corrected chi connectivity index (χ2v) is 7.88. The Kier molecular flexibility index (Phi) is 7.10. The Hall–Kier alpha value is -3.58. The molecule has 4 nitrogen and oxygen atoms in total. The molecule has 2 aromatic carbocycles. The first kappa shape index (κ1) is 22.1. The Balaban J connectivity index is 1.93. The van der Waals surface area contributed by atoms with Gasteiger partial charge in [0.2, 0.25) is 0 Å². The fourth-order valence-electron chi connectivity index (χ4n) is 3.82. The molecule has 0 spiro atoms. The molecule has 3 aromatic rings. The number of benzene rings is 2. The minimum atomic E-state index is -0.378. The highest BCUT2D eigenvalue weighted by Crippen LogP contribution is 2.24. The van der Waals surface area contributed by atoms with Gasteiger partial charge in [-0.15, -0.1) is 0 Å². The van der Waals surface area contributed by atoms with Crippen LogP contribution >= 0.6 is 0 Å². The summed E-state index contributed by atoms with van der Waals surface area (Å²) in [4.78, 5) is 13.1. The quantitative estimate of drug-likeness (QED) is 0.404. The van der Waals surface area contributed by atoms with Crippen LogP contribution in [0.4, 0.5) is 0 Å². The zero-order valence-electron chi connectivity index (χ0n) is 18.6. The minimum Gasteiger partial charge on any atom is -0.349 e. The van der Waals surface area contributed by atoms with Crippen molar-refractivity contribution in [1.82, 2.24) is 9.88 Å². The van der Waals surface area contributed by atoms with Crippen LogP contribution in [0, 0.1) is 32.1 Å². The molecular weight excluding hydrogens is 382 g/mol. The molecule has 158 valence electrons. The lowest BCUT2D eigenvalue weighted by atomic mass is 9.97. The molecule has 0 fully saturated rings.